The van der Waals surface area contributed by atoms with Crippen molar-refractivity contribution < 1.29 is 9.90 Å². The minimum absolute atomic E-state index is 0.0189. The van der Waals surface area contributed by atoms with E-state index in [1.807, 2.05) is 12.1 Å². The number of benzene rings is 1. The van der Waals surface area contributed by atoms with Crippen molar-refractivity contribution >= 4 is 5.78 Å². The van der Waals surface area contributed by atoms with E-state index in [0.29, 0.717) is 5.92 Å². The van der Waals surface area contributed by atoms with Crippen molar-refractivity contribution in [2.75, 3.05) is 0 Å². The van der Waals surface area contributed by atoms with Crippen LogP contribution in [-0.4, -0.2) is 10.9 Å². The molecule has 0 aromatic heterocycles. The second-order valence-electron chi connectivity index (χ2n) is 4.73. The molecule has 0 amide bonds. The molecule has 2 nitrogen and oxygen atoms in total. The quantitative estimate of drug-likeness (QED) is 0.845. The third-order valence-corrected chi connectivity index (χ3v) is 3.54. The Balaban J connectivity index is 2.28. The molecule has 1 aliphatic rings. The third kappa shape index (κ3) is 2.26. The Bertz CT molecular complexity index is 378. The lowest BCUT2D eigenvalue weighted by Crippen LogP contribution is -2.17. The standard InChI is InChI=1S/C14H18O2/c1-10(15)14(11-5-2-3-6-11)12-7-4-8-13(16)9-12/h4,7-9,11,14,16H,2-3,5-6H2,1H3. The molecule has 16 heavy (non-hydrogen) atoms. The molecule has 2 rings (SSSR count). The Labute approximate surface area is 96.3 Å². The van der Waals surface area contributed by atoms with Crippen molar-refractivity contribution in [3.05, 3.63) is 29.8 Å². The molecule has 1 saturated carbocycles. The molecule has 1 atom stereocenters. The zero-order valence-corrected chi connectivity index (χ0v) is 9.65. The number of Topliss-reactive ketones (excluding diaryl/α,β-unsaturated/α-hetero) is 1. The summed E-state index contributed by atoms with van der Waals surface area (Å²) in [5.74, 6) is 0.924. The van der Waals surface area contributed by atoms with Gasteiger partial charge in [0.15, 0.2) is 0 Å². The van der Waals surface area contributed by atoms with Gasteiger partial charge in [-0.2, -0.15) is 0 Å². The lowest BCUT2D eigenvalue weighted by atomic mass is 9.82. The first kappa shape index (κ1) is 11.2. The van der Waals surface area contributed by atoms with E-state index in [4.69, 9.17) is 0 Å². The second kappa shape index (κ2) is 4.69. The van der Waals surface area contributed by atoms with E-state index in [1.54, 1.807) is 19.1 Å². The molecular weight excluding hydrogens is 200 g/mol. The summed E-state index contributed by atoms with van der Waals surface area (Å²) in [6.45, 7) is 1.66. The smallest absolute Gasteiger partial charge is 0.137 e. The van der Waals surface area contributed by atoms with Gasteiger partial charge >= 0.3 is 0 Å². The van der Waals surface area contributed by atoms with Gasteiger partial charge in [-0.25, -0.2) is 0 Å². The van der Waals surface area contributed by atoms with Crippen LogP contribution < -0.4 is 0 Å². The van der Waals surface area contributed by atoms with Gasteiger partial charge in [-0.3, -0.25) is 4.79 Å². The molecule has 0 spiro atoms. The third-order valence-electron chi connectivity index (χ3n) is 3.54. The monoisotopic (exact) mass is 218 g/mol. The number of carbonyl (C=O) groups is 1. The summed E-state index contributed by atoms with van der Waals surface area (Å²) >= 11 is 0. The minimum Gasteiger partial charge on any atom is -0.508 e. The Morgan fingerprint density at radius 2 is 2.06 bits per heavy atom. The molecule has 1 N–H and O–H groups in total. The average Bonchev–Trinajstić information content (AvgIpc) is 2.71. The summed E-state index contributed by atoms with van der Waals surface area (Å²) < 4.78 is 0. The van der Waals surface area contributed by atoms with Crippen LogP contribution in [0.3, 0.4) is 0 Å². The normalized spacial score (nSPS) is 18.6. The first-order valence-corrected chi connectivity index (χ1v) is 5.98. The van der Waals surface area contributed by atoms with Gasteiger partial charge in [0.1, 0.15) is 11.5 Å². The van der Waals surface area contributed by atoms with Crippen LogP contribution in [0.2, 0.25) is 0 Å². The van der Waals surface area contributed by atoms with E-state index in [0.717, 1.165) is 18.4 Å². The van der Waals surface area contributed by atoms with Crippen molar-refractivity contribution in [2.45, 2.75) is 38.5 Å². The van der Waals surface area contributed by atoms with Gasteiger partial charge in [-0.05, 0) is 43.4 Å². The van der Waals surface area contributed by atoms with Crippen LogP contribution in [0.15, 0.2) is 24.3 Å². The molecule has 0 aliphatic heterocycles. The lowest BCUT2D eigenvalue weighted by Gasteiger charge is -2.21. The molecule has 0 bridgehead atoms. The average molecular weight is 218 g/mol. The molecular formula is C14H18O2. The Kier molecular flexibility index (Phi) is 3.28. The minimum atomic E-state index is -0.0189. The van der Waals surface area contributed by atoms with E-state index in [1.165, 1.54) is 12.8 Å². The molecule has 1 aromatic carbocycles. The highest BCUT2D eigenvalue weighted by molar-refractivity contribution is 5.83. The molecule has 0 radical (unpaired) electrons. The second-order valence-corrected chi connectivity index (χ2v) is 4.73. The summed E-state index contributed by atoms with van der Waals surface area (Å²) in [5, 5.41) is 9.48. The summed E-state index contributed by atoms with van der Waals surface area (Å²) in [5.41, 5.74) is 0.972. The topological polar surface area (TPSA) is 37.3 Å². The number of ketones is 1. The summed E-state index contributed by atoms with van der Waals surface area (Å²) in [7, 11) is 0. The van der Waals surface area contributed by atoms with E-state index in [9.17, 15) is 9.90 Å². The van der Waals surface area contributed by atoms with Gasteiger partial charge in [0.05, 0.1) is 0 Å². The van der Waals surface area contributed by atoms with Crippen LogP contribution in [0.1, 0.15) is 44.1 Å². The van der Waals surface area contributed by atoms with Crippen LogP contribution in [0.4, 0.5) is 0 Å². The van der Waals surface area contributed by atoms with Gasteiger partial charge in [0, 0.05) is 5.92 Å². The molecule has 1 fully saturated rings. The van der Waals surface area contributed by atoms with Gasteiger partial charge in [-0.1, -0.05) is 25.0 Å². The van der Waals surface area contributed by atoms with Crippen LogP contribution in [0.5, 0.6) is 5.75 Å². The fourth-order valence-electron chi connectivity index (χ4n) is 2.85. The predicted molar refractivity (Wildman–Crippen MR) is 63.5 cm³/mol. The van der Waals surface area contributed by atoms with Crippen LogP contribution >= 0.6 is 0 Å². The fourth-order valence-corrected chi connectivity index (χ4v) is 2.85. The number of phenols is 1. The van der Waals surface area contributed by atoms with E-state index < -0.39 is 0 Å². The number of carbonyl (C=O) groups excluding carboxylic acids is 1. The SMILES string of the molecule is CC(=O)C(c1cccc(O)c1)C1CCCC1. The number of phenolic OH excluding ortho intramolecular Hbond substituents is 1. The Morgan fingerprint density at radius 1 is 1.38 bits per heavy atom. The van der Waals surface area contributed by atoms with Gasteiger partial charge < -0.3 is 5.11 Å². The summed E-state index contributed by atoms with van der Waals surface area (Å²) in [6, 6.07) is 7.14. The highest BCUT2D eigenvalue weighted by Crippen LogP contribution is 2.38. The summed E-state index contributed by atoms with van der Waals surface area (Å²) in [6.07, 6.45) is 4.74. The number of aromatic hydroxyl groups is 1. The summed E-state index contributed by atoms with van der Waals surface area (Å²) in [4.78, 5) is 11.8. The zero-order valence-electron chi connectivity index (χ0n) is 9.65. The van der Waals surface area contributed by atoms with Crippen LogP contribution in [0, 0.1) is 5.92 Å². The molecule has 0 heterocycles. The molecule has 1 unspecified atom stereocenters. The fraction of sp³-hybridized carbons (Fsp3) is 0.500. The van der Waals surface area contributed by atoms with Crippen molar-refractivity contribution in [1.82, 2.24) is 0 Å². The van der Waals surface area contributed by atoms with Crippen molar-refractivity contribution in [1.29, 1.82) is 0 Å². The van der Waals surface area contributed by atoms with E-state index in [-0.39, 0.29) is 17.5 Å². The van der Waals surface area contributed by atoms with Crippen LogP contribution in [-0.2, 0) is 4.79 Å². The van der Waals surface area contributed by atoms with Crippen molar-refractivity contribution in [2.24, 2.45) is 5.92 Å². The van der Waals surface area contributed by atoms with Gasteiger partial charge in [0.25, 0.3) is 0 Å². The molecule has 1 aromatic rings. The molecule has 1 aliphatic carbocycles. The van der Waals surface area contributed by atoms with Crippen LogP contribution in [0.25, 0.3) is 0 Å². The zero-order chi connectivity index (χ0) is 11.5. The number of hydrogen-bond donors (Lipinski definition) is 1. The first-order chi connectivity index (χ1) is 7.68. The molecule has 2 heteroatoms. The van der Waals surface area contributed by atoms with E-state index in [2.05, 4.69) is 0 Å². The van der Waals surface area contributed by atoms with Crippen molar-refractivity contribution in [3.63, 3.8) is 0 Å². The maximum absolute atomic E-state index is 11.8. The maximum Gasteiger partial charge on any atom is 0.137 e. The number of rotatable bonds is 3. The highest BCUT2D eigenvalue weighted by Gasteiger charge is 2.29. The highest BCUT2D eigenvalue weighted by atomic mass is 16.3. The van der Waals surface area contributed by atoms with E-state index >= 15 is 0 Å². The number of hydrogen-bond acceptors (Lipinski definition) is 2. The molecule has 0 saturated heterocycles. The Morgan fingerprint density at radius 3 is 2.62 bits per heavy atom. The maximum atomic E-state index is 11.8. The lowest BCUT2D eigenvalue weighted by molar-refractivity contribution is -0.119. The largest absolute Gasteiger partial charge is 0.508 e. The van der Waals surface area contributed by atoms with Gasteiger partial charge in [-0.15, -0.1) is 0 Å². The molecule has 86 valence electrons. The van der Waals surface area contributed by atoms with Gasteiger partial charge in [0.2, 0.25) is 0 Å². The van der Waals surface area contributed by atoms with Crippen molar-refractivity contribution in [3.8, 4) is 5.75 Å². The first-order valence-electron chi connectivity index (χ1n) is 5.98. The predicted octanol–water partition coefficient (Wildman–Crippen LogP) is 3.26. The Hall–Kier alpha value is -1.31.